The number of methoxy groups -OCH3 is 2. The molecule has 3 atom stereocenters. The van der Waals surface area contributed by atoms with E-state index in [9.17, 15) is 4.79 Å². The molecule has 0 unspecified atom stereocenters. The average Bonchev–Trinajstić information content (AvgIpc) is 3.49. The van der Waals surface area contributed by atoms with Crippen LogP contribution in [0.5, 0.6) is 5.88 Å². The van der Waals surface area contributed by atoms with Gasteiger partial charge in [-0.15, -0.1) is 0 Å². The topological polar surface area (TPSA) is 128 Å². The lowest BCUT2D eigenvalue weighted by atomic mass is 9.50. The molecule has 35 heavy (non-hydrogen) atoms. The van der Waals surface area contributed by atoms with Crippen molar-refractivity contribution in [2.75, 3.05) is 19.5 Å². The predicted octanol–water partition coefficient (Wildman–Crippen LogP) is 3.21. The number of hydrogen-bond acceptors (Lipinski definition) is 8. The standard InChI is InChI=1S/C23H28FN7O4/c1-33-11-13-10-31-18(25-13)6-19(34-2)27-21(31)26-17-5-15(29-30-17)14-3-4-16(20(14)24)35-22(32)28-23-7-12(8-23)9-23/h5-6,10,12,14,16,20H,3-4,7-9,11H2,1-2H3,(H,28,32)(H2,26,27,29,30)/t12?,14-,16-,20-,23?/m1/s1. The Kier molecular flexibility index (Phi) is 5.28. The lowest BCUT2D eigenvalue weighted by molar-refractivity contribution is -0.0532. The molecule has 0 spiro atoms. The Hall–Kier alpha value is -3.41. The van der Waals surface area contributed by atoms with Gasteiger partial charge in [0.1, 0.15) is 17.9 Å². The normalized spacial score (nSPS) is 28.9. The minimum absolute atomic E-state index is 0.0886. The zero-order chi connectivity index (χ0) is 24.2. The van der Waals surface area contributed by atoms with E-state index in [4.69, 9.17) is 14.2 Å². The molecular formula is C23H28FN7O4. The van der Waals surface area contributed by atoms with Crippen molar-refractivity contribution in [1.82, 2.24) is 29.9 Å². The maximum absolute atomic E-state index is 15.2. The number of amides is 1. The van der Waals surface area contributed by atoms with Crippen LogP contribution in [0.1, 0.15) is 49.4 Å². The number of imidazole rings is 1. The first-order valence-corrected chi connectivity index (χ1v) is 11.8. The Bertz CT molecular complexity index is 1240. The van der Waals surface area contributed by atoms with Crippen molar-refractivity contribution in [1.29, 1.82) is 0 Å². The average molecular weight is 486 g/mol. The van der Waals surface area contributed by atoms with Crippen LogP contribution in [0.15, 0.2) is 18.3 Å². The molecule has 1 amide bonds. The van der Waals surface area contributed by atoms with Crippen LogP contribution in [0.4, 0.5) is 21.0 Å². The first kappa shape index (κ1) is 22.1. The third-order valence-electron chi connectivity index (χ3n) is 7.38. The fraction of sp³-hybridized carbons (Fsp3) is 0.565. The molecule has 3 N–H and O–H groups in total. The maximum Gasteiger partial charge on any atom is 0.407 e. The number of halogens is 1. The summed E-state index contributed by atoms with van der Waals surface area (Å²) in [4.78, 5) is 21.2. The lowest BCUT2D eigenvalue weighted by Crippen LogP contribution is -2.68. The molecule has 3 heterocycles. The van der Waals surface area contributed by atoms with Crippen LogP contribution in [-0.4, -0.2) is 62.7 Å². The second-order valence-electron chi connectivity index (χ2n) is 9.80. The van der Waals surface area contributed by atoms with Gasteiger partial charge in [0.15, 0.2) is 5.82 Å². The van der Waals surface area contributed by atoms with Crippen LogP contribution in [0.25, 0.3) is 5.65 Å². The summed E-state index contributed by atoms with van der Waals surface area (Å²) in [5.41, 5.74) is 1.92. The zero-order valence-electron chi connectivity index (χ0n) is 19.6. The Morgan fingerprint density at radius 1 is 1.26 bits per heavy atom. The second kappa shape index (κ2) is 8.36. The number of H-pyrrole nitrogens is 1. The monoisotopic (exact) mass is 485 g/mol. The quantitative estimate of drug-likeness (QED) is 0.444. The van der Waals surface area contributed by atoms with Gasteiger partial charge in [0.2, 0.25) is 11.8 Å². The number of hydrogen-bond donors (Lipinski definition) is 3. The van der Waals surface area contributed by atoms with Crippen LogP contribution in [0.3, 0.4) is 0 Å². The summed E-state index contributed by atoms with van der Waals surface area (Å²) in [6, 6.07) is 3.47. The fourth-order valence-corrected chi connectivity index (χ4v) is 5.52. The van der Waals surface area contributed by atoms with Gasteiger partial charge < -0.3 is 24.8 Å². The summed E-state index contributed by atoms with van der Waals surface area (Å²) in [5.74, 6) is 1.62. The number of alkyl carbamates (subject to hydrolysis) is 1. The molecule has 0 saturated heterocycles. The van der Waals surface area contributed by atoms with Gasteiger partial charge >= 0.3 is 6.09 Å². The van der Waals surface area contributed by atoms with Crippen LogP contribution in [0.2, 0.25) is 0 Å². The highest BCUT2D eigenvalue weighted by Gasteiger charge is 2.58. The van der Waals surface area contributed by atoms with E-state index in [1.54, 1.807) is 23.6 Å². The highest BCUT2D eigenvalue weighted by atomic mass is 19.1. The molecule has 7 rings (SSSR count). The van der Waals surface area contributed by atoms with E-state index in [0.717, 1.165) is 30.9 Å². The number of fused-ring (bicyclic) bond motifs is 1. The highest BCUT2D eigenvalue weighted by molar-refractivity contribution is 5.69. The highest BCUT2D eigenvalue weighted by Crippen LogP contribution is 2.57. The van der Waals surface area contributed by atoms with Crippen molar-refractivity contribution in [2.45, 2.75) is 62.4 Å². The molecule has 4 aliphatic rings. The molecule has 4 aliphatic carbocycles. The number of alkyl halides is 1. The molecule has 3 aromatic rings. The van der Waals surface area contributed by atoms with Crippen LogP contribution < -0.4 is 15.4 Å². The van der Waals surface area contributed by atoms with Gasteiger partial charge in [-0.25, -0.2) is 14.2 Å². The third kappa shape index (κ3) is 3.95. The zero-order valence-corrected chi connectivity index (χ0v) is 19.6. The van der Waals surface area contributed by atoms with E-state index in [-0.39, 0.29) is 5.54 Å². The SMILES string of the molecule is COCc1cn2c(Nc3cc([C@H]4CC[C@@H](OC(=O)NC56CC(C5)C6)[C@@H]4F)[nH]n3)nc(OC)cc2n1. The molecule has 4 fully saturated rings. The van der Waals surface area contributed by atoms with E-state index in [1.165, 1.54) is 7.11 Å². The summed E-state index contributed by atoms with van der Waals surface area (Å²) in [6.07, 6.45) is 3.29. The summed E-state index contributed by atoms with van der Waals surface area (Å²) >= 11 is 0. The third-order valence-corrected chi connectivity index (χ3v) is 7.38. The number of nitrogens with one attached hydrogen (secondary N) is 3. The van der Waals surface area contributed by atoms with Crippen molar-refractivity contribution < 1.29 is 23.4 Å². The molecule has 3 aromatic heterocycles. The molecule has 0 radical (unpaired) electrons. The Balaban J connectivity index is 1.14. The van der Waals surface area contributed by atoms with Gasteiger partial charge in [0, 0.05) is 42.6 Å². The number of nitrogens with zero attached hydrogens (tertiary/aromatic N) is 4. The second-order valence-corrected chi connectivity index (χ2v) is 9.80. The first-order valence-electron chi connectivity index (χ1n) is 11.8. The van der Waals surface area contributed by atoms with Crippen LogP contribution in [0, 0.1) is 5.92 Å². The van der Waals surface area contributed by atoms with E-state index >= 15 is 4.39 Å². The largest absolute Gasteiger partial charge is 0.481 e. The van der Waals surface area contributed by atoms with Crippen molar-refractivity contribution >= 4 is 23.5 Å². The minimum atomic E-state index is -1.31. The fourth-order valence-electron chi connectivity index (χ4n) is 5.52. The summed E-state index contributed by atoms with van der Waals surface area (Å²) < 4.78 is 32.9. The van der Waals surface area contributed by atoms with Crippen molar-refractivity contribution in [3.8, 4) is 5.88 Å². The number of carbonyl (C=O) groups is 1. The first-order chi connectivity index (χ1) is 16.9. The molecule has 0 aliphatic heterocycles. The molecule has 186 valence electrons. The Morgan fingerprint density at radius 3 is 2.80 bits per heavy atom. The van der Waals surface area contributed by atoms with Gasteiger partial charge in [0.05, 0.1) is 19.4 Å². The Morgan fingerprint density at radius 2 is 2.09 bits per heavy atom. The van der Waals surface area contributed by atoms with E-state index in [2.05, 4.69) is 30.8 Å². The van der Waals surface area contributed by atoms with Gasteiger partial charge in [-0.05, 0) is 38.0 Å². The summed E-state index contributed by atoms with van der Waals surface area (Å²) in [6.45, 7) is 0.359. The summed E-state index contributed by atoms with van der Waals surface area (Å²) in [7, 11) is 3.14. The smallest absolute Gasteiger partial charge is 0.407 e. The van der Waals surface area contributed by atoms with Crippen molar-refractivity contribution in [2.24, 2.45) is 5.92 Å². The number of aromatic amines is 1. The Labute approximate surface area is 200 Å². The number of anilines is 2. The number of carbonyl (C=O) groups excluding carboxylic acids is 1. The number of ether oxygens (including phenoxy) is 3. The van der Waals surface area contributed by atoms with Gasteiger partial charge in [-0.1, -0.05) is 0 Å². The lowest BCUT2D eigenvalue weighted by Gasteiger charge is -2.61. The van der Waals surface area contributed by atoms with Gasteiger partial charge in [0.25, 0.3) is 0 Å². The molecular weight excluding hydrogens is 457 g/mol. The minimum Gasteiger partial charge on any atom is -0.481 e. The predicted molar refractivity (Wildman–Crippen MR) is 122 cm³/mol. The summed E-state index contributed by atoms with van der Waals surface area (Å²) in [5, 5.41) is 13.3. The van der Waals surface area contributed by atoms with E-state index < -0.39 is 24.3 Å². The maximum atomic E-state index is 15.2. The molecule has 0 aromatic carbocycles. The number of rotatable bonds is 8. The van der Waals surface area contributed by atoms with Crippen LogP contribution >= 0.6 is 0 Å². The van der Waals surface area contributed by atoms with E-state index in [1.807, 2.05) is 6.20 Å². The molecule has 2 bridgehead atoms. The van der Waals surface area contributed by atoms with Gasteiger partial charge in [-0.3, -0.25) is 9.50 Å². The molecule has 11 nitrogen and oxygen atoms in total. The van der Waals surface area contributed by atoms with Gasteiger partial charge in [-0.2, -0.15) is 10.1 Å². The molecule has 4 saturated carbocycles. The number of aromatic nitrogens is 5. The van der Waals surface area contributed by atoms with Crippen molar-refractivity contribution in [3.05, 3.63) is 29.7 Å². The molecule has 12 heteroatoms. The van der Waals surface area contributed by atoms with Crippen molar-refractivity contribution in [3.63, 3.8) is 0 Å². The van der Waals surface area contributed by atoms with E-state index in [0.29, 0.717) is 48.4 Å². The van der Waals surface area contributed by atoms with Crippen LogP contribution in [-0.2, 0) is 16.1 Å².